The van der Waals surface area contributed by atoms with Gasteiger partial charge in [-0.3, -0.25) is 0 Å². The molecule has 2 nitrogen and oxygen atoms in total. The Labute approximate surface area is 69.2 Å². The second-order valence-corrected chi connectivity index (χ2v) is 3.93. The van der Waals surface area contributed by atoms with Gasteiger partial charge >= 0.3 is 0 Å². The van der Waals surface area contributed by atoms with Gasteiger partial charge < -0.3 is 10.2 Å². The molecule has 0 heterocycles. The van der Waals surface area contributed by atoms with Crippen LogP contribution in [0.5, 0.6) is 0 Å². The highest BCUT2D eigenvalue weighted by molar-refractivity contribution is 4.85. The summed E-state index contributed by atoms with van der Waals surface area (Å²) in [5, 5.41) is 19.0. The Hall–Kier alpha value is -0.0800. The Bertz CT molecular complexity index is 117. The Balaban J connectivity index is 4.29. The van der Waals surface area contributed by atoms with E-state index in [1.165, 1.54) is 0 Å². The number of rotatable bonds is 3. The maximum absolute atomic E-state index is 9.78. The summed E-state index contributed by atoms with van der Waals surface area (Å²) in [5.74, 6) is 0.502. The van der Waals surface area contributed by atoms with Crippen molar-refractivity contribution in [1.82, 2.24) is 0 Å². The highest BCUT2D eigenvalue weighted by Crippen LogP contribution is 2.27. The van der Waals surface area contributed by atoms with Crippen molar-refractivity contribution in [1.29, 1.82) is 0 Å². The van der Waals surface area contributed by atoms with Crippen molar-refractivity contribution in [2.24, 2.45) is 11.8 Å². The molecule has 0 saturated carbocycles. The van der Waals surface area contributed by atoms with E-state index in [1.54, 1.807) is 13.8 Å². The van der Waals surface area contributed by atoms with Gasteiger partial charge in [-0.05, 0) is 25.7 Å². The Morgan fingerprint density at radius 3 is 1.55 bits per heavy atom. The highest BCUT2D eigenvalue weighted by atomic mass is 16.3. The van der Waals surface area contributed by atoms with Gasteiger partial charge in [0.25, 0.3) is 0 Å². The van der Waals surface area contributed by atoms with Gasteiger partial charge in [-0.25, -0.2) is 0 Å². The number of aliphatic hydroxyl groups is 2. The maximum atomic E-state index is 9.78. The molecule has 0 spiro atoms. The van der Waals surface area contributed by atoms with E-state index in [2.05, 4.69) is 0 Å². The molecule has 0 aliphatic carbocycles. The molecular weight excluding hydrogens is 140 g/mol. The third-order valence-electron chi connectivity index (χ3n) is 2.77. The molecule has 0 saturated heterocycles. The minimum Gasteiger partial charge on any atom is -0.390 e. The van der Waals surface area contributed by atoms with Crippen LogP contribution < -0.4 is 0 Å². The quantitative estimate of drug-likeness (QED) is 0.655. The standard InChI is InChI=1S/C9H20O2/c1-6(2)7(3)9(5,11)8(4)10/h6-8,10-11H,1-5H3. The van der Waals surface area contributed by atoms with Crippen molar-refractivity contribution in [3.05, 3.63) is 0 Å². The molecular formula is C9H20O2. The van der Waals surface area contributed by atoms with Crippen LogP contribution in [-0.2, 0) is 0 Å². The lowest BCUT2D eigenvalue weighted by Gasteiger charge is -2.35. The zero-order chi connectivity index (χ0) is 9.23. The van der Waals surface area contributed by atoms with Crippen LogP contribution in [0, 0.1) is 11.8 Å². The first-order valence-electron chi connectivity index (χ1n) is 4.20. The molecule has 0 aliphatic heterocycles. The van der Waals surface area contributed by atoms with E-state index in [1.807, 2.05) is 20.8 Å². The summed E-state index contributed by atoms with van der Waals surface area (Å²) in [6.45, 7) is 9.35. The third kappa shape index (κ3) is 2.46. The summed E-state index contributed by atoms with van der Waals surface area (Å²) in [4.78, 5) is 0. The summed E-state index contributed by atoms with van der Waals surface area (Å²) >= 11 is 0. The predicted molar refractivity (Wildman–Crippen MR) is 46.3 cm³/mol. The van der Waals surface area contributed by atoms with Crippen LogP contribution in [0.15, 0.2) is 0 Å². The van der Waals surface area contributed by atoms with Crippen molar-refractivity contribution >= 4 is 0 Å². The van der Waals surface area contributed by atoms with Crippen LogP contribution in [0.1, 0.15) is 34.6 Å². The molecule has 3 unspecified atom stereocenters. The van der Waals surface area contributed by atoms with Gasteiger partial charge in [0.2, 0.25) is 0 Å². The lowest BCUT2D eigenvalue weighted by atomic mass is 9.79. The average molecular weight is 160 g/mol. The minimum absolute atomic E-state index is 0.113. The van der Waals surface area contributed by atoms with Gasteiger partial charge in [-0.15, -0.1) is 0 Å². The van der Waals surface area contributed by atoms with E-state index in [0.29, 0.717) is 5.92 Å². The first kappa shape index (κ1) is 10.9. The van der Waals surface area contributed by atoms with E-state index < -0.39 is 11.7 Å². The predicted octanol–water partition coefficient (Wildman–Crippen LogP) is 1.41. The van der Waals surface area contributed by atoms with E-state index in [0.717, 1.165) is 0 Å². The topological polar surface area (TPSA) is 40.5 Å². The largest absolute Gasteiger partial charge is 0.390 e. The van der Waals surface area contributed by atoms with Crippen LogP contribution in [0.2, 0.25) is 0 Å². The van der Waals surface area contributed by atoms with E-state index >= 15 is 0 Å². The summed E-state index contributed by atoms with van der Waals surface area (Å²) < 4.78 is 0. The van der Waals surface area contributed by atoms with Gasteiger partial charge in [0, 0.05) is 0 Å². The molecule has 0 aromatic heterocycles. The van der Waals surface area contributed by atoms with E-state index in [-0.39, 0.29) is 5.92 Å². The number of hydrogen-bond donors (Lipinski definition) is 2. The summed E-state index contributed by atoms with van der Waals surface area (Å²) in [7, 11) is 0. The molecule has 11 heavy (non-hydrogen) atoms. The van der Waals surface area contributed by atoms with E-state index in [9.17, 15) is 10.2 Å². The Morgan fingerprint density at radius 1 is 1.09 bits per heavy atom. The Morgan fingerprint density at radius 2 is 1.45 bits per heavy atom. The van der Waals surface area contributed by atoms with Gasteiger partial charge in [-0.1, -0.05) is 20.8 Å². The lowest BCUT2D eigenvalue weighted by Crippen LogP contribution is -2.45. The molecule has 2 heteroatoms. The monoisotopic (exact) mass is 160 g/mol. The molecule has 0 aromatic rings. The normalized spacial score (nSPS) is 22.9. The molecule has 2 N–H and O–H groups in total. The van der Waals surface area contributed by atoms with Crippen molar-refractivity contribution in [3.63, 3.8) is 0 Å². The molecule has 0 aliphatic rings. The molecule has 0 amide bonds. The summed E-state index contributed by atoms with van der Waals surface area (Å²) in [6.07, 6.45) is -0.667. The first-order valence-corrected chi connectivity index (χ1v) is 4.20. The lowest BCUT2D eigenvalue weighted by molar-refractivity contribution is -0.0992. The maximum Gasteiger partial charge on any atom is 0.0902 e. The van der Waals surface area contributed by atoms with Crippen molar-refractivity contribution in [2.45, 2.75) is 46.3 Å². The minimum atomic E-state index is -0.964. The second-order valence-electron chi connectivity index (χ2n) is 3.93. The highest BCUT2D eigenvalue weighted by Gasteiger charge is 2.34. The van der Waals surface area contributed by atoms with Crippen LogP contribution >= 0.6 is 0 Å². The summed E-state index contributed by atoms with van der Waals surface area (Å²) in [6, 6.07) is 0. The third-order valence-corrected chi connectivity index (χ3v) is 2.77. The molecule has 0 rings (SSSR count). The second kappa shape index (κ2) is 3.55. The zero-order valence-corrected chi connectivity index (χ0v) is 8.13. The fourth-order valence-corrected chi connectivity index (χ4v) is 1.06. The van der Waals surface area contributed by atoms with Gasteiger partial charge in [0.15, 0.2) is 0 Å². The molecule has 0 fully saturated rings. The smallest absolute Gasteiger partial charge is 0.0902 e. The van der Waals surface area contributed by atoms with Crippen molar-refractivity contribution < 1.29 is 10.2 Å². The molecule has 0 bridgehead atoms. The average Bonchev–Trinajstić information content (AvgIpc) is 1.85. The van der Waals surface area contributed by atoms with E-state index in [4.69, 9.17) is 0 Å². The molecule has 0 radical (unpaired) electrons. The number of hydrogen-bond acceptors (Lipinski definition) is 2. The molecule has 68 valence electrons. The fraction of sp³-hybridized carbons (Fsp3) is 1.00. The number of aliphatic hydroxyl groups excluding tert-OH is 1. The van der Waals surface area contributed by atoms with Crippen molar-refractivity contribution in [3.8, 4) is 0 Å². The van der Waals surface area contributed by atoms with Gasteiger partial charge in [0.1, 0.15) is 0 Å². The van der Waals surface area contributed by atoms with Crippen LogP contribution in [0.25, 0.3) is 0 Å². The first-order chi connectivity index (χ1) is 4.80. The fourth-order valence-electron chi connectivity index (χ4n) is 1.06. The zero-order valence-electron chi connectivity index (χ0n) is 8.13. The van der Waals surface area contributed by atoms with Gasteiger partial charge in [-0.2, -0.15) is 0 Å². The van der Waals surface area contributed by atoms with Crippen LogP contribution in [0.4, 0.5) is 0 Å². The SMILES string of the molecule is CC(C)C(C)C(C)(O)C(C)O. The molecule has 3 atom stereocenters. The van der Waals surface area contributed by atoms with Crippen molar-refractivity contribution in [2.75, 3.05) is 0 Å². The molecule has 0 aromatic carbocycles. The van der Waals surface area contributed by atoms with Crippen LogP contribution in [-0.4, -0.2) is 21.9 Å². The Kier molecular flexibility index (Phi) is 3.52. The van der Waals surface area contributed by atoms with Gasteiger partial charge in [0.05, 0.1) is 11.7 Å². The van der Waals surface area contributed by atoms with Crippen LogP contribution in [0.3, 0.4) is 0 Å². The summed E-state index contributed by atoms with van der Waals surface area (Å²) in [5.41, 5.74) is -0.964.